The molecular weight excluding hydrogens is 168 g/mol. The number of hydrogen-bond donors (Lipinski definition) is 2. The summed E-state index contributed by atoms with van der Waals surface area (Å²) < 4.78 is 1.56. The highest BCUT2D eigenvalue weighted by Crippen LogP contribution is 2.07. The molecule has 0 fully saturated rings. The normalized spacial score (nSPS) is 10.2. The van der Waals surface area contributed by atoms with Crippen LogP contribution in [0.25, 0.3) is 5.82 Å². The Labute approximate surface area is 74.2 Å². The molecule has 0 radical (unpaired) electrons. The number of aromatic nitrogens is 4. The van der Waals surface area contributed by atoms with Crippen LogP contribution < -0.4 is 11.5 Å². The van der Waals surface area contributed by atoms with Gasteiger partial charge in [-0.25, -0.2) is 4.68 Å². The molecule has 66 valence electrons. The Hall–Kier alpha value is -2.11. The summed E-state index contributed by atoms with van der Waals surface area (Å²) in [5.41, 5.74) is 10.9. The molecule has 6 nitrogen and oxygen atoms in total. The van der Waals surface area contributed by atoms with Crippen LogP contribution in [0, 0.1) is 0 Å². The Morgan fingerprint density at radius 2 is 2.08 bits per heavy atom. The van der Waals surface area contributed by atoms with Gasteiger partial charge in [0.1, 0.15) is 5.82 Å². The van der Waals surface area contributed by atoms with Crippen molar-refractivity contribution in [3.63, 3.8) is 0 Å². The lowest BCUT2D eigenvalue weighted by molar-refractivity contribution is 0.844. The molecule has 2 aromatic rings. The van der Waals surface area contributed by atoms with Crippen molar-refractivity contribution in [2.75, 3.05) is 11.5 Å². The van der Waals surface area contributed by atoms with Crippen molar-refractivity contribution in [2.45, 2.75) is 0 Å². The van der Waals surface area contributed by atoms with E-state index in [1.165, 1.54) is 0 Å². The van der Waals surface area contributed by atoms with Crippen LogP contribution in [0.1, 0.15) is 0 Å². The lowest BCUT2D eigenvalue weighted by Gasteiger charge is -2.01. The second kappa shape index (κ2) is 2.74. The molecule has 0 unspecified atom stereocenters. The molecule has 0 bridgehead atoms. The summed E-state index contributed by atoms with van der Waals surface area (Å²) in [7, 11) is 0. The summed E-state index contributed by atoms with van der Waals surface area (Å²) in [6, 6.07) is 3.39. The fourth-order valence-electron chi connectivity index (χ4n) is 0.993. The zero-order valence-corrected chi connectivity index (χ0v) is 6.75. The van der Waals surface area contributed by atoms with Crippen LogP contribution in [0.5, 0.6) is 0 Å². The molecule has 0 aliphatic heterocycles. The third-order valence-corrected chi connectivity index (χ3v) is 1.49. The SMILES string of the molecule is Nc1cc(-n2cccn2)nc(N)n1. The lowest BCUT2D eigenvalue weighted by Crippen LogP contribution is -2.05. The second-order valence-corrected chi connectivity index (χ2v) is 2.46. The van der Waals surface area contributed by atoms with Crippen LogP contribution >= 0.6 is 0 Å². The maximum absolute atomic E-state index is 5.49. The molecule has 0 saturated heterocycles. The second-order valence-electron chi connectivity index (χ2n) is 2.46. The number of hydrogen-bond acceptors (Lipinski definition) is 5. The number of anilines is 2. The highest BCUT2D eigenvalue weighted by Gasteiger charge is 2.00. The number of nitrogens with zero attached hydrogens (tertiary/aromatic N) is 4. The van der Waals surface area contributed by atoms with Gasteiger partial charge < -0.3 is 11.5 Å². The first-order chi connectivity index (χ1) is 6.25. The van der Waals surface area contributed by atoms with E-state index in [2.05, 4.69) is 15.1 Å². The first-order valence-electron chi connectivity index (χ1n) is 3.66. The maximum atomic E-state index is 5.49. The Bertz CT molecular complexity index is 387. The van der Waals surface area contributed by atoms with Crippen LogP contribution in [-0.2, 0) is 0 Å². The lowest BCUT2D eigenvalue weighted by atomic mass is 10.5. The van der Waals surface area contributed by atoms with E-state index in [0.717, 1.165) is 0 Å². The van der Waals surface area contributed by atoms with Crippen LogP contribution in [0.3, 0.4) is 0 Å². The first-order valence-corrected chi connectivity index (χ1v) is 3.66. The standard InChI is InChI=1S/C7H8N6/c8-5-4-6(12-7(9)11-5)13-3-1-2-10-13/h1-4H,(H4,8,9,11,12). The summed E-state index contributed by atoms with van der Waals surface area (Å²) in [6.07, 6.45) is 3.40. The van der Waals surface area contributed by atoms with E-state index in [-0.39, 0.29) is 5.95 Å². The van der Waals surface area contributed by atoms with E-state index >= 15 is 0 Å². The van der Waals surface area contributed by atoms with Gasteiger partial charge in [-0.3, -0.25) is 0 Å². The summed E-state index contributed by atoms with van der Waals surface area (Å²) >= 11 is 0. The zero-order valence-electron chi connectivity index (χ0n) is 6.75. The summed E-state index contributed by atoms with van der Waals surface area (Å²) in [4.78, 5) is 7.71. The quantitative estimate of drug-likeness (QED) is 0.628. The van der Waals surface area contributed by atoms with E-state index in [9.17, 15) is 0 Å². The molecule has 2 aromatic heterocycles. The van der Waals surface area contributed by atoms with Gasteiger partial charge in [0.2, 0.25) is 5.95 Å². The van der Waals surface area contributed by atoms with E-state index in [0.29, 0.717) is 11.6 Å². The molecule has 6 heteroatoms. The predicted molar refractivity (Wildman–Crippen MR) is 48.0 cm³/mol. The first kappa shape index (κ1) is 7.53. The number of rotatable bonds is 1. The molecule has 0 saturated carbocycles. The molecular formula is C7H8N6. The van der Waals surface area contributed by atoms with Crippen LogP contribution in [-0.4, -0.2) is 19.7 Å². The third kappa shape index (κ3) is 1.41. The average Bonchev–Trinajstić information content (AvgIpc) is 2.53. The molecule has 13 heavy (non-hydrogen) atoms. The maximum Gasteiger partial charge on any atom is 0.224 e. The summed E-state index contributed by atoms with van der Waals surface area (Å²) in [6.45, 7) is 0. The van der Waals surface area contributed by atoms with Crippen molar-refractivity contribution in [3.05, 3.63) is 24.5 Å². The minimum Gasteiger partial charge on any atom is -0.383 e. The Morgan fingerprint density at radius 1 is 1.23 bits per heavy atom. The minimum atomic E-state index is 0.144. The minimum absolute atomic E-state index is 0.144. The Morgan fingerprint density at radius 3 is 2.69 bits per heavy atom. The largest absolute Gasteiger partial charge is 0.383 e. The molecule has 2 heterocycles. The van der Waals surface area contributed by atoms with Crippen molar-refractivity contribution in [3.8, 4) is 5.82 Å². The van der Waals surface area contributed by atoms with Crippen molar-refractivity contribution in [1.82, 2.24) is 19.7 Å². The highest BCUT2D eigenvalue weighted by atomic mass is 15.3. The van der Waals surface area contributed by atoms with Gasteiger partial charge in [0.05, 0.1) is 0 Å². The van der Waals surface area contributed by atoms with Gasteiger partial charge in [-0.1, -0.05) is 0 Å². The smallest absolute Gasteiger partial charge is 0.224 e. The van der Waals surface area contributed by atoms with E-state index in [1.807, 2.05) is 0 Å². The predicted octanol–water partition coefficient (Wildman–Crippen LogP) is -0.173. The van der Waals surface area contributed by atoms with Gasteiger partial charge in [-0.15, -0.1) is 0 Å². The number of nitrogens with two attached hydrogens (primary N) is 2. The van der Waals surface area contributed by atoms with Crippen molar-refractivity contribution >= 4 is 11.8 Å². The van der Waals surface area contributed by atoms with Gasteiger partial charge >= 0.3 is 0 Å². The summed E-state index contributed by atoms with van der Waals surface area (Å²) in [5, 5.41) is 3.98. The zero-order chi connectivity index (χ0) is 9.26. The van der Waals surface area contributed by atoms with E-state index in [1.54, 1.807) is 29.2 Å². The molecule has 0 aliphatic carbocycles. The number of nitrogen functional groups attached to an aromatic ring is 2. The van der Waals surface area contributed by atoms with Crippen LogP contribution in [0.2, 0.25) is 0 Å². The monoisotopic (exact) mass is 176 g/mol. The van der Waals surface area contributed by atoms with Gasteiger partial charge in [-0.05, 0) is 6.07 Å². The van der Waals surface area contributed by atoms with Crippen molar-refractivity contribution < 1.29 is 0 Å². The van der Waals surface area contributed by atoms with Crippen molar-refractivity contribution in [2.24, 2.45) is 0 Å². The van der Waals surface area contributed by atoms with E-state index in [4.69, 9.17) is 11.5 Å². The van der Waals surface area contributed by atoms with E-state index < -0.39 is 0 Å². The fraction of sp³-hybridized carbons (Fsp3) is 0. The molecule has 4 N–H and O–H groups in total. The molecule has 0 spiro atoms. The molecule has 0 aromatic carbocycles. The fourth-order valence-corrected chi connectivity index (χ4v) is 0.993. The summed E-state index contributed by atoms with van der Waals surface area (Å²) in [5.74, 6) is 1.04. The van der Waals surface area contributed by atoms with Crippen LogP contribution in [0.4, 0.5) is 11.8 Å². The molecule has 0 atom stereocenters. The van der Waals surface area contributed by atoms with Gasteiger partial charge in [0, 0.05) is 18.5 Å². The van der Waals surface area contributed by atoms with Crippen LogP contribution in [0.15, 0.2) is 24.5 Å². The van der Waals surface area contributed by atoms with Gasteiger partial charge in [-0.2, -0.15) is 15.1 Å². The third-order valence-electron chi connectivity index (χ3n) is 1.49. The Balaban J connectivity index is 2.53. The van der Waals surface area contributed by atoms with Gasteiger partial charge in [0.15, 0.2) is 5.82 Å². The topological polar surface area (TPSA) is 95.6 Å². The average molecular weight is 176 g/mol. The highest BCUT2D eigenvalue weighted by molar-refractivity contribution is 5.41. The molecule has 0 amide bonds. The molecule has 2 rings (SSSR count). The molecule has 0 aliphatic rings. The van der Waals surface area contributed by atoms with Crippen molar-refractivity contribution in [1.29, 1.82) is 0 Å². The van der Waals surface area contributed by atoms with Gasteiger partial charge in [0.25, 0.3) is 0 Å². The Kier molecular flexibility index (Phi) is 1.59.